The molecule has 6 nitrogen and oxygen atoms in total. The standard InChI is InChI=1S/C18H17N5OS2/c1-10-8-13-6-4-5-7-14(13)23-16(10)21-22-18(23)25-9-15(24)20-17-19-11(2)12(3)26-17/h4-8H,9H2,1-3H3,(H,19,20,24). The number of benzene rings is 1. The molecule has 0 unspecified atom stereocenters. The highest BCUT2D eigenvalue weighted by atomic mass is 32.2. The van der Waals surface area contributed by atoms with Crippen LogP contribution in [0.5, 0.6) is 0 Å². The quantitative estimate of drug-likeness (QED) is 0.539. The number of pyridine rings is 1. The van der Waals surface area contributed by atoms with Crippen LogP contribution in [0.3, 0.4) is 0 Å². The van der Waals surface area contributed by atoms with Crippen molar-refractivity contribution in [2.24, 2.45) is 0 Å². The van der Waals surface area contributed by atoms with E-state index in [9.17, 15) is 4.79 Å². The van der Waals surface area contributed by atoms with Crippen LogP contribution in [0.2, 0.25) is 0 Å². The first-order valence-corrected chi connectivity index (χ1v) is 9.93. The largest absolute Gasteiger partial charge is 0.301 e. The number of thioether (sulfide) groups is 1. The van der Waals surface area contributed by atoms with E-state index < -0.39 is 0 Å². The number of aromatic nitrogens is 4. The molecule has 1 N–H and O–H groups in total. The van der Waals surface area contributed by atoms with Crippen molar-refractivity contribution in [3.63, 3.8) is 0 Å². The monoisotopic (exact) mass is 383 g/mol. The minimum atomic E-state index is -0.0996. The molecule has 8 heteroatoms. The molecule has 3 aromatic heterocycles. The molecule has 0 saturated carbocycles. The van der Waals surface area contributed by atoms with Crippen molar-refractivity contribution in [2.75, 3.05) is 11.1 Å². The Bertz CT molecular complexity index is 1110. The number of hydrogen-bond donors (Lipinski definition) is 1. The predicted molar refractivity (Wildman–Crippen MR) is 106 cm³/mol. The summed E-state index contributed by atoms with van der Waals surface area (Å²) in [7, 11) is 0. The number of para-hydroxylation sites is 1. The first kappa shape index (κ1) is 17.0. The molecule has 1 amide bonds. The first-order valence-electron chi connectivity index (χ1n) is 8.13. The Labute approximate surface area is 158 Å². The van der Waals surface area contributed by atoms with Gasteiger partial charge in [0.25, 0.3) is 0 Å². The number of aryl methyl sites for hydroxylation is 3. The van der Waals surface area contributed by atoms with Gasteiger partial charge in [-0.25, -0.2) is 4.98 Å². The molecule has 132 valence electrons. The first-order chi connectivity index (χ1) is 12.5. The van der Waals surface area contributed by atoms with Crippen LogP contribution in [0.15, 0.2) is 35.5 Å². The van der Waals surface area contributed by atoms with E-state index in [1.807, 2.05) is 43.4 Å². The van der Waals surface area contributed by atoms with E-state index >= 15 is 0 Å². The number of carbonyl (C=O) groups is 1. The van der Waals surface area contributed by atoms with Gasteiger partial charge in [-0.2, -0.15) is 0 Å². The SMILES string of the molecule is Cc1nc(NC(=O)CSc2nnc3c(C)cc4ccccc4n23)sc1C. The van der Waals surface area contributed by atoms with E-state index in [0.29, 0.717) is 10.3 Å². The molecule has 0 radical (unpaired) electrons. The summed E-state index contributed by atoms with van der Waals surface area (Å²) in [6, 6.07) is 10.2. The highest BCUT2D eigenvalue weighted by molar-refractivity contribution is 7.99. The second-order valence-electron chi connectivity index (χ2n) is 6.03. The van der Waals surface area contributed by atoms with Crippen molar-refractivity contribution in [1.29, 1.82) is 0 Å². The third kappa shape index (κ3) is 3.06. The molecule has 4 aromatic rings. The Kier molecular flexibility index (Phi) is 4.37. The van der Waals surface area contributed by atoms with Crippen LogP contribution in [-0.4, -0.2) is 31.2 Å². The zero-order chi connectivity index (χ0) is 18.3. The van der Waals surface area contributed by atoms with Gasteiger partial charge >= 0.3 is 0 Å². The van der Waals surface area contributed by atoms with Crippen LogP contribution in [0, 0.1) is 20.8 Å². The average molecular weight is 384 g/mol. The van der Waals surface area contributed by atoms with Gasteiger partial charge in [0.2, 0.25) is 5.91 Å². The number of anilines is 1. The lowest BCUT2D eigenvalue weighted by molar-refractivity contribution is -0.113. The van der Waals surface area contributed by atoms with E-state index in [0.717, 1.165) is 32.7 Å². The highest BCUT2D eigenvalue weighted by Crippen LogP contribution is 2.26. The number of thiazole rings is 1. The summed E-state index contributed by atoms with van der Waals surface area (Å²) in [4.78, 5) is 17.7. The van der Waals surface area contributed by atoms with Gasteiger partial charge in [0.15, 0.2) is 15.9 Å². The molecule has 0 aliphatic carbocycles. The van der Waals surface area contributed by atoms with Crippen LogP contribution >= 0.6 is 23.1 Å². The van der Waals surface area contributed by atoms with Crippen LogP contribution < -0.4 is 5.32 Å². The Morgan fingerprint density at radius 1 is 1.23 bits per heavy atom. The van der Waals surface area contributed by atoms with Gasteiger partial charge in [-0.1, -0.05) is 30.0 Å². The van der Waals surface area contributed by atoms with Crippen molar-refractivity contribution in [3.8, 4) is 0 Å². The number of carbonyl (C=O) groups excluding carboxylic acids is 1. The molecule has 26 heavy (non-hydrogen) atoms. The summed E-state index contributed by atoms with van der Waals surface area (Å²) >= 11 is 2.86. The lowest BCUT2D eigenvalue weighted by atomic mass is 10.1. The molecular weight excluding hydrogens is 366 g/mol. The second-order valence-corrected chi connectivity index (χ2v) is 8.17. The summed E-state index contributed by atoms with van der Waals surface area (Å²) in [5.74, 6) is 0.151. The van der Waals surface area contributed by atoms with Crippen molar-refractivity contribution in [1.82, 2.24) is 19.6 Å². The zero-order valence-corrected chi connectivity index (χ0v) is 16.2. The van der Waals surface area contributed by atoms with Gasteiger partial charge in [-0.3, -0.25) is 9.20 Å². The molecule has 4 rings (SSSR count). The van der Waals surface area contributed by atoms with Gasteiger partial charge in [0.1, 0.15) is 0 Å². The molecule has 0 aliphatic rings. The van der Waals surface area contributed by atoms with Gasteiger partial charge < -0.3 is 5.32 Å². The van der Waals surface area contributed by atoms with Crippen molar-refractivity contribution in [3.05, 3.63) is 46.5 Å². The van der Waals surface area contributed by atoms with Crippen LogP contribution in [0.1, 0.15) is 16.1 Å². The van der Waals surface area contributed by atoms with E-state index in [1.54, 1.807) is 0 Å². The smallest absolute Gasteiger partial charge is 0.236 e. The summed E-state index contributed by atoms with van der Waals surface area (Å²) in [6.45, 7) is 5.95. The van der Waals surface area contributed by atoms with Crippen LogP contribution in [-0.2, 0) is 4.79 Å². The molecule has 0 saturated heterocycles. The fraction of sp³-hybridized carbons (Fsp3) is 0.222. The summed E-state index contributed by atoms with van der Waals surface area (Å²) in [5, 5.41) is 13.9. The fourth-order valence-corrected chi connectivity index (χ4v) is 4.33. The Balaban J connectivity index is 1.58. The maximum Gasteiger partial charge on any atom is 0.236 e. The highest BCUT2D eigenvalue weighted by Gasteiger charge is 2.14. The summed E-state index contributed by atoms with van der Waals surface area (Å²) < 4.78 is 2.01. The maximum atomic E-state index is 12.3. The molecular formula is C18H17N5OS2. The lowest BCUT2D eigenvalue weighted by Gasteiger charge is -2.06. The Morgan fingerprint density at radius 3 is 2.81 bits per heavy atom. The van der Waals surface area contributed by atoms with Crippen molar-refractivity contribution in [2.45, 2.75) is 25.9 Å². The second kappa shape index (κ2) is 6.69. The van der Waals surface area contributed by atoms with Gasteiger partial charge in [-0.05, 0) is 43.9 Å². The number of fused-ring (bicyclic) bond motifs is 3. The fourth-order valence-electron chi connectivity index (χ4n) is 2.76. The van der Waals surface area contributed by atoms with Crippen LogP contribution in [0.25, 0.3) is 16.6 Å². The van der Waals surface area contributed by atoms with Crippen molar-refractivity contribution >= 4 is 50.7 Å². The molecule has 3 heterocycles. The molecule has 0 fully saturated rings. The van der Waals surface area contributed by atoms with E-state index in [-0.39, 0.29) is 11.7 Å². The number of amides is 1. The minimum Gasteiger partial charge on any atom is -0.301 e. The zero-order valence-electron chi connectivity index (χ0n) is 14.6. The minimum absolute atomic E-state index is 0.0996. The lowest BCUT2D eigenvalue weighted by Crippen LogP contribution is -2.14. The molecule has 1 aromatic carbocycles. The van der Waals surface area contributed by atoms with Gasteiger partial charge in [-0.15, -0.1) is 21.5 Å². The molecule has 0 aliphatic heterocycles. The number of nitrogens with zero attached hydrogens (tertiary/aromatic N) is 4. The number of hydrogen-bond acceptors (Lipinski definition) is 6. The van der Waals surface area contributed by atoms with Gasteiger partial charge in [0, 0.05) is 4.88 Å². The van der Waals surface area contributed by atoms with E-state index in [2.05, 4.69) is 32.6 Å². The summed E-state index contributed by atoms with van der Waals surface area (Å²) in [6.07, 6.45) is 0. The third-order valence-electron chi connectivity index (χ3n) is 4.14. The van der Waals surface area contributed by atoms with Crippen LogP contribution in [0.4, 0.5) is 5.13 Å². The summed E-state index contributed by atoms with van der Waals surface area (Å²) in [5.41, 5.74) is 3.86. The van der Waals surface area contributed by atoms with Crippen molar-refractivity contribution < 1.29 is 4.79 Å². The van der Waals surface area contributed by atoms with E-state index in [4.69, 9.17) is 0 Å². The number of nitrogens with one attached hydrogen (secondary N) is 1. The third-order valence-corrected chi connectivity index (χ3v) is 6.06. The Hall–Kier alpha value is -2.45. The van der Waals surface area contributed by atoms with Gasteiger partial charge in [0.05, 0.1) is 17.0 Å². The average Bonchev–Trinajstić information content (AvgIpc) is 3.17. The van der Waals surface area contributed by atoms with E-state index in [1.165, 1.54) is 23.1 Å². The molecule has 0 spiro atoms. The maximum absolute atomic E-state index is 12.3. The number of rotatable bonds is 4. The molecule has 0 atom stereocenters. The predicted octanol–water partition coefficient (Wildman–Crippen LogP) is 4.00. The normalized spacial score (nSPS) is 11.3. The topological polar surface area (TPSA) is 72.2 Å². The molecule has 0 bridgehead atoms. The Morgan fingerprint density at radius 2 is 2.04 bits per heavy atom.